The molecule has 0 saturated heterocycles. The monoisotopic (exact) mass is 238 g/mol. The second-order valence-corrected chi connectivity index (χ2v) is 3.48. The van der Waals surface area contributed by atoms with E-state index in [0.29, 0.717) is 16.2 Å². The van der Waals surface area contributed by atoms with Gasteiger partial charge in [-0.1, -0.05) is 24.3 Å². The lowest BCUT2D eigenvalue weighted by atomic mass is 9.77. The van der Waals surface area contributed by atoms with Crippen molar-refractivity contribution in [2.75, 3.05) is 0 Å². The van der Waals surface area contributed by atoms with E-state index in [1.165, 1.54) is 18.2 Å². The number of halogens is 2. The number of benzene rings is 2. The van der Waals surface area contributed by atoms with Crippen molar-refractivity contribution < 1.29 is 23.6 Å². The van der Waals surface area contributed by atoms with E-state index in [2.05, 4.69) is 4.74 Å². The minimum atomic E-state index is -2.88. The predicted octanol–water partition coefficient (Wildman–Crippen LogP) is 1.12. The maximum Gasteiger partial charge on any atom is 0.489 e. The second kappa shape index (κ2) is 4.69. The molecule has 2 N–H and O–H groups in total. The third kappa shape index (κ3) is 2.54. The summed E-state index contributed by atoms with van der Waals surface area (Å²) in [5.74, 6) is 0.0390. The topological polar surface area (TPSA) is 49.7 Å². The van der Waals surface area contributed by atoms with Crippen LogP contribution in [0.1, 0.15) is 0 Å². The van der Waals surface area contributed by atoms with Gasteiger partial charge >= 0.3 is 13.7 Å². The highest BCUT2D eigenvalue weighted by Gasteiger charge is 2.14. The van der Waals surface area contributed by atoms with Gasteiger partial charge in [-0.05, 0) is 28.4 Å². The molecule has 0 aliphatic heterocycles. The molecule has 17 heavy (non-hydrogen) atoms. The summed E-state index contributed by atoms with van der Waals surface area (Å²) in [6.45, 7) is -2.88. The van der Waals surface area contributed by atoms with Gasteiger partial charge in [-0.25, -0.2) is 0 Å². The van der Waals surface area contributed by atoms with Crippen LogP contribution in [-0.4, -0.2) is 23.8 Å². The summed E-state index contributed by atoms with van der Waals surface area (Å²) >= 11 is 0. The molecule has 0 aliphatic rings. The summed E-state index contributed by atoms with van der Waals surface area (Å²) in [7, 11) is -1.60. The Morgan fingerprint density at radius 1 is 1.12 bits per heavy atom. The first kappa shape index (κ1) is 11.8. The maximum absolute atomic E-state index is 12.0. The molecular weight excluding hydrogens is 229 g/mol. The molecule has 2 aromatic rings. The van der Waals surface area contributed by atoms with Gasteiger partial charge in [-0.2, -0.15) is 8.78 Å². The molecule has 0 radical (unpaired) electrons. The van der Waals surface area contributed by atoms with Crippen LogP contribution in [0.2, 0.25) is 0 Å². The van der Waals surface area contributed by atoms with E-state index in [0.717, 1.165) is 0 Å². The smallest absolute Gasteiger partial charge is 0.435 e. The first-order valence-corrected chi connectivity index (χ1v) is 4.91. The summed E-state index contributed by atoms with van der Waals surface area (Å²) in [5, 5.41) is 19.5. The van der Waals surface area contributed by atoms with Gasteiger partial charge < -0.3 is 14.8 Å². The van der Waals surface area contributed by atoms with E-state index < -0.39 is 13.7 Å². The summed E-state index contributed by atoms with van der Waals surface area (Å²) < 4.78 is 28.3. The third-order valence-corrected chi connectivity index (χ3v) is 2.39. The van der Waals surface area contributed by atoms with E-state index in [9.17, 15) is 8.78 Å². The number of rotatable bonds is 3. The van der Waals surface area contributed by atoms with Gasteiger partial charge in [0.2, 0.25) is 0 Å². The van der Waals surface area contributed by atoms with Crippen molar-refractivity contribution in [2.24, 2.45) is 0 Å². The van der Waals surface area contributed by atoms with Crippen LogP contribution in [0, 0.1) is 0 Å². The largest absolute Gasteiger partial charge is 0.489 e. The number of hydrogen-bond acceptors (Lipinski definition) is 3. The minimum absolute atomic E-state index is 0.0390. The molecule has 88 valence electrons. The van der Waals surface area contributed by atoms with Gasteiger partial charge in [-0.3, -0.25) is 0 Å². The van der Waals surface area contributed by atoms with Gasteiger partial charge in [0.25, 0.3) is 0 Å². The van der Waals surface area contributed by atoms with E-state index in [-0.39, 0.29) is 5.75 Å². The summed E-state index contributed by atoms with van der Waals surface area (Å²) in [6, 6.07) is 9.15. The van der Waals surface area contributed by atoms with E-state index in [1.54, 1.807) is 18.2 Å². The fourth-order valence-corrected chi connectivity index (χ4v) is 1.69. The van der Waals surface area contributed by atoms with Crippen LogP contribution in [0.3, 0.4) is 0 Å². The van der Waals surface area contributed by atoms with E-state index >= 15 is 0 Å². The lowest BCUT2D eigenvalue weighted by Crippen LogP contribution is -2.30. The molecule has 0 atom stereocenters. The molecule has 0 aromatic heterocycles. The zero-order valence-corrected chi connectivity index (χ0v) is 8.68. The zero-order chi connectivity index (χ0) is 12.4. The fraction of sp³-hybridized carbons (Fsp3) is 0.0909. The highest BCUT2D eigenvalue weighted by Crippen LogP contribution is 2.21. The molecular formula is C11H9BF2O3. The van der Waals surface area contributed by atoms with Crippen molar-refractivity contribution in [3.8, 4) is 5.75 Å². The SMILES string of the molecule is OB(O)c1cccc2cc(OC(F)F)ccc12. The zero-order valence-electron chi connectivity index (χ0n) is 8.68. The molecule has 2 aromatic carbocycles. The Hall–Kier alpha value is -1.66. The van der Waals surface area contributed by atoms with Gasteiger partial charge in [0.05, 0.1) is 0 Å². The minimum Gasteiger partial charge on any atom is -0.435 e. The molecule has 3 nitrogen and oxygen atoms in total. The lowest BCUT2D eigenvalue weighted by Gasteiger charge is -2.08. The Balaban J connectivity index is 2.49. The highest BCUT2D eigenvalue weighted by molar-refractivity contribution is 6.61. The Morgan fingerprint density at radius 2 is 1.88 bits per heavy atom. The molecule has 2 rings (SSSR count). The third-order valence-electron chi connectivity index (χ3n) is 2.39. The van der Waals surface area contributed by atoms with Crippen LogP contribution in [-0.2, 0) is 0 Å². The average Bonchev–Trinajstić information content (AvgIpc) is 2.26. The average molecular weight is 238 g/mol. The van der Waals surface area contributed by atoms with Crippen molar-refractivity contribution in [1.82, 2.24) is 0 Å². The van der Waals surface area contributed by atoms with Gasteiger partial charge in [0.1, 0.15) is 5.75 Å². The Labute approximate surface area is 96.4 Å². The summed E-state index contributed by atoms with van der Waals surface area (Å²) in [6.07, 6.45) is 0. The van der Waals surface area contributed by atoms with Crippen molar-refractivity contribution in [3.05, 3.63) is 36.4 Å². The molecule has 0 bridgehead atoms. The fourth-order valence-electron chi connectivity index (χ4n) is 1.69. The number of fused-ring (bicyclic) bond motifs is 1. The van der Waals surface area contributed by atoms with E-state index in [4.69, 9.17) is 10.0 Å². The molecule has 0 spiro atoms. The number of ether oxygens (including phenoxy) is 1. The van der Waals surface area contributed by atoms with Crippen LogP contribution in [0.25, 0.3) is 10.8 Å². The van der Waals surface area contributed by atoms with Crippen LogP contribution in [0.5, 0.6) is 5.75 Å². The first-order valence-electron chi connectivity index (χ1n) is 4.91. The molecule has 0 unspecified atom stereocenters. The van der Waals surface area contributed by atoms with Crippen molar-refractivity contribution in [2.45, 2.75) is 6.61 Å². The number of alkyl halides is 2. The molecule has 0 heterocycles. The Morgan fingerprint density at radius 3 is 2.53 bits per heavy atom. The van der Waals surface area contributed by atoms with Crippen LogP contribution in [0.15, 0.2) is 36.4 Å². The summed E-state index contributed by atoms with van der Waals surface area (Å²) in [4.78, 5) is 0. The standard InChI is InChI=1S/C11H9BF2O3/c13-11(14)17-8-4-5-9-7(6-8)2-1-3-10(9)12(15)16/h1-6,11,15-16H. The predicted molar refractivity (Wildman–Crippen MR) is 60.4 cm³/mol. The van der Waals surface area contributed by atoms with Crippen LogP contribution >= 0.6 is 0 Å². The van der Waals surface area contributed by atoms with Crippen molar-refractivity contribution >= 4 is 23.4 Å². The molecule has 6 heteroatoms. The Bertz CT molecular complexity index is 531. The quantitative estimate of drug-likeness (QED) is 0.787. The first-order chi connectivity index (χ1) is 8.08. The Kier molecular flexibility index (Phi) is 3.26. The van der Waals surface area contributed by atoms with Gasteiger partial charge in [-0.15, -0.1) is 0 Å². The van der Waals surface area contributed by atoms with Crippen LogP contribution < -0.4 is 10.2 Å². The molecule has 0 fully saturated rings. The van der Waals surface area contributed by atoms with Crippen LogP contribution in [0.4, 0.5) is 8.78 Å². The highest BCUT2D eigenvalue weighted by atomic mass is 19.3. The van der Waals surface area contributed by atoms with Gasteiger partial charge in [0.15, 0.2) is 0 Å². The second-order valence-electron chi connectivity index (χ2n) is 3.48. The molecule has 0 aliphatic carbocycles. The molecule has 0 saturated carbocycles. The lowest BCUT2D eigenvalue weighted by molar-refractivity contribution is -0.0497. The van der Waals surface area contributed by atoms with Crippen molar-refractivity contribution in [1.29, 1.82) is 0 Å². The molecule has 0 amide bonds. The summed E-state index contributed by atoms with van der Waals surface area (Å²) in [5.41, 5.74) is 0.325. The van der Waals surface area contributed by atoms with Gasteiger partial charge in [0, 0.05) is 0 Å². The van der Waals surface area contributed by atoms with E-state index in [1.807, 2.05) is 0 Å². The van der Waals surface area contributed by atoms with Crippen molar-refractivity contribution in [3.63, 3.8) is 0 Å². The normalized spacial score (nSPS) is 10.9. The maximum atomic E-state index is 12.0. The number of hydrogen-bond donors (Lipinski definition) is 2.